The van der Waals surface area contributed by atoms with Gasteiger partial charge in [0.05, 0.1) is 4.47 Å². The molecule has 0 spiro atoms. The molecule has 1 saturated carbocycles. The number of nitrogens with one attached hydrogen (secondary N) is 1. The maximum absolute atomic E-state index is 13.1. The average molecular weight is 313 g/mol. The highest BCUT2D eigenvalue weighted by Gasteiger charge is 2.33. The van der Waals surface area contributed by atoms with E-state index in [1.807, 2.05) is 12.1 Å². The molecule has 1 aliphatic carbocycles. The fourth-order valence-corrected chi connectivity index (χ4v) is 3.06. The monoisotopic (exact) mass is 312 g/mol. The van der Waals surface area contributed by atoms with Crippen LogP contribution in [0.1, 0.15) is 24.8 Å². The summed E-state index contributed by atoms with van der Waals surface area (Å²) in [4.78, 5) is 2.60. The molecule has 1 atom stereocenters. The number of hydrogen-bond donors (Lipinski definition) is 1. The SMILES string of the molecule is Fc1ccc(CNC2CCN(C3CC3)C2)cc1Br. The minimum atomic E-state index is -0.195. The summed E-state index contributed by atoms with van der Waals surface area (Å²) >= 11 is 3.23. The first-order valence-electron chi connectivity index (χ1n) is 6.64. The molecule has 4 heteroatoms. The van der Waals surface area contributed by atoms with Crippen LogP contribution in [-0.4, -0.2) is 30.1 Å². The fourth-order valence-electron chi connectivity index (χ4n) is 2.64. The highest BCUT2D eigenvalue weighted by molar-refractivity contribution is 9.10. The Bertz CT molecular complexity index is 434. The van der Waals surface area contributed by atoms with E-state index in [0.717, 1.165) is 18.2 Å². The lowest BCUT2D eigenvalue weighted by molar-refractivity contribution is 0.317. The van der Waals surface area contributed by atoms with Gasteiger partial charge in [-0.1, -0.05) is 6.07 Å². The minimum absolute atomic E-state index is 0.195. The molecule has 1 N–H and O–H groups in total. The van der Waals surface area contributed by atoms with Crippen LogP contribution in [0.5, 0.6) is 0 Å². The number of hydrogen-bond acceptors (Lipinski definition) is 2. The van der Waals surface area contributed by atoms with Gasteiger partial charge in [-0.15, -0.1) is 0 Å². The van der Waals surface area contributed by atoms with Crippen molar-refractivity contribution >= 4 is 15.9 Å². The van der Waals surface area contributed by atoms with E-state index in [9.17, 15) is 4.39 Å². The Balaban J connectivity index is 1.50. The molecular weight excluding hydrogens is 295 g/mol. The normalized spacial score (nSPS) is 24.7. The zero-order chi connectivity index (χ0) is 12.5. The van der Waals surface area contributed by atoms with Crippen LogP contribution in [0.25, 0.3) is 0 Å². The van der Waals surface area contributed by atoms with Crippen LogP contribution >= 0.6 is 15.9 Å². The molecule has 2 fully saturated rings. The third-order valence-electron chi connectivity index (χ3n) is 3.86. The quantitative estimate of drug-likeness (QED) is 0.919. The van der Waals surface area contributed by atoms with E-state index in [-0.39, 0.29) is 5.82 Å². The summed E-state index contributed by atoms with van der Waals surface area (Å²) in [6.07, 6.45) is 4.01. The topological polar surface area (TPSA) is 15.3 Å². The van der Waals surface area contributed by atoms with Crippen molar-refractivity contribution in [3.05, 3.63) is 34.1 Å². The lowest BCUT2D eigenvalue weighted by atomic mass is 10.2. The summed E-state index contributed by atoms with van der Waals surface area (Å²) in [5.41, 5.74) is 1.13. The largest absolute Gasteiger partial charge is 0.309 e. The number of halogens is 2. The molecule has 2 nitrogen and oxygen atoms in total. The Hall–Kier alpha value is -0.450. The highest BCUT2D eigenvalue weighted by atomic mass is 79.9. The van der Waals surface area contributed by atoms with E-state index in [2.05, 4.69) is 26.1 Å². The maximum atomic E-state index is 13.1. The Labute approximate surface area is 116 Å². The Morgan fingerprint density at radius 3 is 2.89 bits per heavy atom. The first-order chi connectivity index (χ1) is 8.72. The van der Waals surface area contributed by atoms with Crippen LogP contribution in [0.4, 0.5) is 4.39 Å². The molecule has 1 saturated heterocycles. The average Bonchev–Trinajstić information content (AvgIpc) is 3.11. The van der Waals surface area contributed by atoms with E-state index >= 15 is 0 Å². The molecule has 0 bridgehead atoms. The molecule has 2 aliphatic rings. The molecule has 1 aromatic carbocycles. The summed E-state index contributed by atoms with van der Waals surface area (Å²) in [5.74, 6) is -0.195. The van der Waals surface area contributed by atoms with Gasteiger partial charge in [0.25, 0.3) is 0 Å². The van der Waals surface area contributed by atoms with E-state index in [0.29, 0.717) is 10.5 Å². The van der Waals surface area contributed by atoms with Gasteiger partial charge in [-0.2, -0.15) is 0 Å². The summed E-state index contributed by atoms with van der Waals surface area (Å²) in [6.45, 7) is 3.23. The molecule has 98 valence electrons. The van der Waals surface area contributed by atoms with Gasteiger partial charge in [-0.3, -0.25) is 4.90 Å². The van der Waals surface area contributed by atoms with Crippen LogP contribution in [0, 0.1) is 5.82 Å². The molecule has 0 aromatic heterocycles. The fraction of sp³-hybridized carbons (Fsp3) is 0.571. The van der Waals surface area contributed by atoms with Gasteiger partial charge < -0.3 is 5.32 Å². The van der Waals surface area contributed by atoms with Crippen molar-refractivity contribution in [3.63, 3.8) is 0 Å². The molecule has 1 unspecified atom stereocenters. The van der Waals surface area contributed by atoms with E-state index in [4.69, 9.17) is 0 Å². The van der Waals surface area contributed by atoms with Gasteiger partial charge in [-0.05, 0) is 52.9 Å². The third kappa shape index (κ3) is 2.92. The first-order valence-corrected chi connectivity index (χ1v) is 7.43. The summed E-state index contributed by atoms with van der Waals surface area (Å²) in [5, 5.41) is 3.57. The van der Waals surface area contributed by atoms with Gasteiger partial charge in [0.2, 0.25) is 0 Å². The first kappa shape index (κ1) is 12.6. The second-order valence-corrected chi connectivity index (χ2v) is 6.20. The Morgan fingerprint density at radius 1 is 1.33 bits per heavy atom. The van der Waals surface area contributed by atoms with Crippen molar-refractivity contribution in [3.8, 4) is 0 Å². The third-order valence-corrected chi connectivity index (χ3v) is 4.47. The van der Waals surface area contributed by atoms with Crippen molar-refractivity contribution < 1.29 is 4.39 Å². The van der Waals surface area contributed by atoms with Crippen molar-refractivity contribution in [2.24, 2.45) is 0 Å². The number of benzene rings is 1. The number of rotatable bonds is 4. The van der Waals surface area contributed by atoms with Gasteiger partial charge in [-0.25, -0.2) is 4.39 Å². The van der Waals surface area contributed by atoms with Crippen molar-refractivity contribution in [2.75, 3.05) is 13.1 Å². The van der Waals surface area contributed by atoms with Crippen LogP contribution in [0.3, 0.4) is 0 Å². The standard InChI is InChI=1S/C14H18BrFN2/c15-13-7-10(1-4-14(13)16)8-17-11-5-6-18(9-11)12-2-3-12/h1,4,7,11-12,17H,2-3,5-6,8-9H2. The van der Waals surface area contributed by atoms with Gasteiger partial charge in [0.1, 0.15) is 5.82 Å². The molecule has 3 rings (SSSR count). The second kappa shape index (κ2) is 5.27. The zero-order valence-corrected chi connectivity index (χ0v) is 11.9. The van der Waals surface area contributed by atoms with Gasteiger partial charge in [0, 0.05) is 31.7 Å². The summed E-state index contributed by atoms with van der Waals surface area (Å²) < 4.78 is 13.7. The summed E-state index contributed by atoms with van der Waals surface area (Å²) in [6, 6.07) is 6.69. The predicted molar refractivity (Wildman–Crippen MR) is 73.9 cm³/mol. The van der Waals surface area contributed by atoms with Crippen LogP contribution in [0.15, 0.2) is 22.7 Å². The molecule has 1 heterocycles. The molecule has 18 heavy (non-hydrogen) atoms. The lowest BCUT2D eigenvalue weighted by Gasteiger charge is -2.15. The van der Waals surface area contributed by atoms with E-state index in [1.165, 1.54) is 38.4 Å². The molecule has 0 radical (unpaired) electrons. The zero-order valence-electron chi connectivity index (χ0n) is 10.3. The van der Waals surface area contributed by atoms with Crippen molar-refractivity contribution in [2.45, 2.75) is 37.9 Å². The van der Waals surface area contributed by atoms with Crippen molar-refractivity contribution in [1.82, 2.24) is 10.2 Å². The van der Waals surface area contributed by atoms with Gasteiger partial charge >= 0.3 is 0 Å². The molecule has 1 aliphatic heterocycles. The molecular formula is C14H18BrFN2. The smallest absolute Gasteiger partial charge is 0.137 e. The van der Waals surface area contributed by atoms with E-state index < -0.39 is 0 Å². The molecule has 0 amide bonds. The Kier molecular flexibility index (Phi) is 3.68. The minimum Gasteiger partial charge on any atom is -0.309 e. The van der Waals surface area contributed by atoms with Gasteiger partial charge in [0.15, 0.2) is 0 Å². The number of nitrogens with zero attached hydrogens (tertiary/aromatic N) is 1. The lowest BCUT2D eigenvalue weighted by Crippen LogP contribution is -2.32. The number of likely N-dealkylation sites (tertiary alicyclic amines) is 1. The highest BCUT2D eigenvalue weighted by Crippen LogP contribution is 2.29. The maximum Gasteiger partial charge on any atom is 0.137 e. The molecule has 1 aromatic rings. The van der Waals surface area contributed by atoms with Crippen molar-refractivity contribution in [1.29, 1.82) is 0 Å². The van der Waals surface area contributed by atoms with Crippen LogP contribution in [-0.2, 0) is 6.54 Å². The Morgan fingerprint density at radius 2 is 2.17 bits per heavy atom. The summed E-state index contributed by atoms with van der Waals surface area (Å²) in [7, 11) is 0. The predicted octanol–water partition coefficient (Wildman–Crippen LogP) is 2.91. The van der Waals surface area contributed by atoms with Crippen LogP contribution in [0.2, 0.25) is 0 Å². The van der Waals surface area contributed by atoms with Crippen LogP contribution < -0.4 is 5.32 Å². The second-order valence-electron chi connectivity index (χ2n) is 5.34. The van der Waals surface area contributed by atoms with E-state index in [1.54, 1.807) is 0 Å².